The summed E-state index contributed by atoms with van der Waals surface area (Å²) in [5.74, 6) is 0.433. The number of rotatable bonds is 8. The number of pyridine rings is 1. The van der Waals surface area contributed by atoms with Crippen LogP contribution in [0, 0.1) is 6.92 Å². The van der Waals surface area contributed by atoms with E-state index in [4.69, 9.17) is 33.7 Å². The minimum absolute atomic E-state index is 0.251. The van der Waals surface area contributed by atoms with Gasteiger partial charge in [0.05, 0.1) is 35.3 Å². The molecule has 2 heterocycles. The van der Waals surface area contributed by atoms with Crippen LogP contribution < -0.4 is 21.1 Å². The molecule has 0 aliphatic carbocycles. The molecule has 0 radical (unpaired) electrons. The SMILES string of the molecule is COc1ccc(CN/C=C(\N)Cn2nc(C)c3c(Cl)c(C(=O)Nc4ccc(Cl)cc4)cnc32)cc1. The van der Waals surface area contributed by atoms with Crippen molar-refractivity contribution >= 4 is 45.8 Å². The van der Waals surface area contributed by atoms with E-state index >= 15 is 0 Å². The molecule has 4 aromatic rings. The molecule has 2 aromatic heterocycles. The number of ether oxygens (including phenoxy) is 1. The molecule has 0 saturated heterocycles. The molecule has 35 heavy (non-hydrogen) atoms. The van der Waals surface area contributed by atoms with Crippen LogP contribution in [0.1, 0.15) is 21.6 Å². The number of hydrogen-bond acceptors (Lipinski definition) is 6. The van der Waals surface area contributed by atoms with E-state index < -0.39 is 0 Å². The van der Waals surface area contributed by atoms with Crippen molar-refractivity contribution in [2.45, 2.75) is 20.0 Å². The standard InChI is InChI=1S/C25H24Cl2N6O2/c1-15-22-23(27)21(25(34)31-19-7-5-17(26)6-8-19)13-30-24(22)33(32-15)14-18(28)12-29-11-16-3-9-20(35-2)10-4-16/h3-10,12-13,29H,11,14,28H2,1-2H3,(H,31,34)/b18-12-. The molecular formula is C25H24Cl2N6O2. The Bertz CT molecular complexity index is 1380. The highest BCUT2D eigenvalue weighted by atomic mass is 35.5. The Hall–Kier alpha value is -3.75. The number of carbonyl (C=O) groups excluding carboxylic acids is 1. The van der Waals surface area contributed by atoms with Gasteiger partial charge in [-0.05, 0) is 48.9 Å². The van der Waals surface area contributed by atoms with Crippen LogP contribution >= 0.6 is 23.2 Å². The van der Waals surface area contributed by atoms with Gasteiger partial charge in [-0.2, -0.15) is 5.10 Å². The fourth-order valence-corrected chi connectivity index (χ4v) is 4.02. The molecule has 0 aliphatic rings. The Morgan fingerprint density at radius 2 is 1.86 bits per heavy atom. The number of benzene rings is 2. The zero-order valence-corrected chi connectivity index (χ0v) is 20.7. The first-order valence-corrected chi connectivity index (χ1v) is 11.5. The number of aryl methyl sites for hydroxylation is 1. The van der Waals surface area contributed by atoms with E-state index in [1.165, 1.54) is 6.20 Å². The van der Waals surface area contributed by atoms with Gasteiger partial charge in [-0.1, -0.05) is 35.3 Å². The number of aromatic nitrogens is 3. The number of anilines is 1. The molecule has 1 amide bonds. The number of nitrogens with zero attached hydrogens (tertiary/aromatic N) is 3. The Morgan fingerprint density at radius 3 is 2.54 bits per heavy atom. The van der Waals surface area contributed by atoms with Crippen LogP contribution in [0.2, 0.25) is 10.0 Å². The molecule has 0 atom stereocenters. The summed E-state index contributed by atoms with van der Waals surface area (Å²) in [5.41, 5.74) is 9.91. The number of halogens is 2. The van der Waals surface area contributed by atoms with Crippen LogP contribution in [0.25, 0.3) is 11.0 Å². The maximum absolute atomic E-state index is 12.8. The third-order valence-electron chi connectivity index (χ3n) is 5.30. The molecule has 4 N–H and O–H groups in total. The van der Waals surface area contributed by atoms with Crippen molar-refractivity contribution in [3.05, 3.63) is 93.5 Å². The maximum atomic E-state index is 12.8. The van der Waals surface area contributed by atoms with Crippen LogP contribution in [0.15, 0.2) is 66.6 Å². The van der Waals surface area contributed by atoms with E-state index in [0.717, 1.165) is 11.3 Å². The quantitative estimate of drug-likeness (QED) is 0.311. The Kier molecular flexibility index (Phi) is 7.43. The second kappa shape index (κ2) is 10.7. The molecule has 0 spiro atoms. The lowest BCUT2D eigenvalue weighted by molar-refractivity contribution is 0.102. The lowest BCUT2D eigenvalue weighted by atomic mass is 10.2. The monoisotopic (exact) mass is 510 g/mol. The lowest BCUT2D eigenvalue weighted by Crippen LogP contribution is -2.15. The predicted molar refractivity (Wildman–Crippen MR) is 139 cm³/mol. The molecule has 10 heteroatoms. The van der Waals surface area contributed by atoms with Gasteiger partial charge in [0.1, 0.15) is 5.75 Å². The van der Waals surface area contributed by atoms with E-state index in [2.05, 4.69) is 20.7 Å². The van der Waals surface area contributed by atoms with Gasteiger partial charge in [0.25, 0.3) is 5.91 Å². The van der Waals surface area contributed by atoms with Gasteiger partial charge >= 0.3 is 0 Å². The molecule has 0 saturated carbocycles. The third kappa shape index (κ3) is 5.67. The molecule has 8 nitrogen and oxygen atoms in total. The van der Waals surface area contributed by atoms with Crippen LogP contribution in [-0.2, 0) is 13.1 Å². The normalized spacial score (nSPS) is 11.5. The molecular weight excluding hydrogens is 487 g/mol. The maximum Gasteiger partial charge on any atom is 0.258 e. The molecule has 180 valence electrons. The predicted octanol–water partition coefficient (Wildman–Crippen LogP) is 4.90. The zero-order chi connectivity index (χ0) is 24.9. The van der Waals surface area contributed by atoms with Gasteiger partial charge in [-0.25, -0.2) is 9.67 Å². The number of methoxy groups -OCH3 is 1. The molecule has 0 unspecified atom stereocenters. The zero-order valence-electron chi connectivity index (χ0n) is 19.2. The van der Waals surface area contributed by atoms with Crippen LogP contribution in [0.5, 0.6) is 5.75 Å². The lowest BCUT2D eigenvalue weighted by Gasteiger charge is -2.09. The molecule has 4 rings (SSSR count). The number of amides is 1. The summed E-state index contributed by atoms with van der Waals surface area (Å²) in [6.45, 7) is 2.73. The van der Waals surface area contributed by atoms with Crippen molar-refractivity contribution in [1.82, 2.24) is 20.1 Å². The van der Waals surface area contributed by atoms with Crippen molar-refractivity contribution in [1.29, 1.82) is 0 Å². The second-order valence-electron chi connectivity index (χ2n) is 7.84. The van der Waals surface area contributed by atoms with Gasteiger partial charge in [0.15, 0.2) is 5.65 Å². The van der Waals surface area contributed by atoms with E-state index in [1.807, 2.05) is 31.2 Å². The topological polar surface area (TPSA) is 107 Å². The van der Waals surface area contributed by atoms with Gasteiger partial charge in [-0.3, -0.25) is 4.79 Å². The minimum atomic E-state index is -0.374. The van der Waals surface area contributed by atoms with Gasteiger partial charge in [0, 0.05) is 35.3 Å². The highest BCUT2D eigenvalue weighted by Crippen LogP contribution is 2.29. The highest BCUT2D eigenvalue weighted by Gasteiger charge is 2.19. The third-order valence-corrected chi connectivity index (χ3v) is 5.95. The Balaban J connectivity index is 1.47. The number of nitrogens with one attached hydrogen (secondary N) is 2. The summed E-state index contributed by atoms with van der Waals surface area (Å²) in [7, 11) is 1.64. The van der Waals surface area contributed by atoms with Crippen molar-refractivity contribution in [2.24, 2.45) is 5.73 Å². The number of allylic oxidation sites excluding steroid dienone is 1. The first kappa shape index (κ1) is 24.4. The average molecular weight is 511 g/mol. The number of fused-ring (bicyclic) bond motifs is 1. The number of carbonyl (C=O) groups is 1. The first-order chi connectivity index (χ1) is 16.9. The van der Waals surface area contributed by atoms with E-state index in [9.17, 15) is 4.79 Å². The fourth-order valence-electron chi connectivity index (χ4n) is 3.54. The Labute approximate surface area is 212 Å². The fraction of sp³-hybridized carbons (Fsp3) is 0.160. The van der Waals surface area contributed by atoms with Gasteiger partial charge < -0.3 is 21.1 Å². The van der Waals surface area contributed by atoms with Crippen molar-refractivity contribution in [3.8, 4) is 5.75 Å². The van der Waals surface area contributed by atoms with Gasteiger partial charge in [-0.15, -0.1) is 0 Å². The summed E-state index contributed by atoms with van der Waals surface area (Å²) >= 11 is 12.5. The Morgan fingerprint density at radius 1 is 1.14 bits per heavy atom. The van der Waals surface area contributed by atoms with E-state index in [0.29, 0.717) is 46.2 Å². The number of hydrogen-bond donors (Lipinski definition) is 3. The van der Waals surface area contributed by atoms with Crippen molar-refractivity contribution < 1.29 is 9.53 Å². The van der Waals surface area contributed by atoms with Crippen molar-refractivity contribution in [2.75, 3.05) is 12.4 Å². The summed E-state index contributed by atoms with van der Waals surface area (Å²) in [4.78, 5) is 17.2. The van der Waals surface area contributed by atoms with Gasteiger partial charge in [0.2, 0.25) is 0 Å². The van der Waals surface area contributed by atoms with Crippen LogP contribution in [0.3, 0.4) is 0 Å². The average Bonchev–Trinajstić information content (AvgIpc) is 3.16. The highest BCUT2D eigenvalue weighted by molar-refractivity contribution is 6.39. The second-order valence-corrected chi connectivity index (χ2v) is 8.65. The van der Waals surface area contributed by atoms with E-state index in [1.54, 1.807) is 42.3 Å². The summed E-state index contributed by atoms with van der Waals surface area (Å²) < 4.78 is 6.84. The summed E-state index contributed by atoms with van der Waals surface area (Å²) in [6.07, 6.45) is 3.18. The molecule has 0 fully saturated rings. The van der Waals surface area contributed by atoms with E-state index in [-0.39, 0.29) is 16.5 Å². The summed E-state index contributed by atoms with van der Waals surface area (Å²) in [5, 5.41) is 12.0. The molecule has 0 bridgehead atoms. The van der Waals surface area contributed by atoms with Crippen molar-refractivity contribution in [3.63, 3.8) is 0 Å². The number of nitrogens with two attached hydrogens (primary N) is 1. The molecule has 0 aliphatic heterocycles. The molecule has 2 aromatic carbocycles. The van der Waals surface area contributed by atoms with Crippen LogP contribution in [-0.4, -0.2) is 27.8 Å². The summed E-state index contributed by atoms with van der Waals surface area (Å²) in [6, 6.07) is 14.6. The van der Waals surface area contributed by atoms with Crippen LogP contribution in [0.4, 0.5) is 5.69 Å². The largest absolute Gasteiger partial charge is 0.497 e. The minimum Gasteiger partial charge on any atom is -0.497 e. The first-order valence-electron chi connectivity index (χ1n) is 10.7. The smallest absolute Gasteiger partial charge is 0.258 e.